The van der Waals surface area contributed by atoms with Crippen molar-refractivity contribution < 1.29 is 9.05 Å². The van der Waals surface area contributed by atoms with Crippen LogP contribution in [0.3, 0.4) is 0 Å². The smallest absolute Gasteiger partial charge is 0.270 e. The molecule has 4 heteroatoms. The molecule has 31 heavy (non-hydrogen) atoms. The van der Waals surface area contributed by atoms with Crippen molar-refractivity contribution in [3.63, 3.8) is 0 Å². The maximum atomic E-state index is 3.36. The fourth-order valence-electron chi connectivity index (χ4n) is 3.87. The van der Waals surface area contributed by atoms with Gasteiger partial charge >= 0.3 is 0 Å². The molecule has 0 aliphatic carbocycles. The summed E-state index contributed by atoms with van der Waals surface area (Å²) in [6, 6.07) is 17.2. The van der Waals surface area contributed by atoms with Crippen molar-refractivity contribution in [1.29, 1.82) is 0 Å². The molecule has 0 radical (unpaired) electrons. The summed E-state index contributed by atoms with van der Waals surface area (Å²) < 4.78 is 4.52. The number of hydrogen-bond donors (Lipinski definition) is 0. The highest BCUT2D eigenvalue weighted by molar-refractivity contribution is 7.18. The zero-order valence-electron chi connectivity index (χ0n) is 18.9. The minimum Gasteiger partial charge on any atom is -0.347 e. The molecule has 0 unspecified atom stereocenters. The average molecular weight is 430 g/mol. The van der Waals surface area contributed by atoms with Crippen LogP contribution in [0.25, 0.3) is 21.9 Å². The van der Waals surface area contributed by atoms with Crippen molar-refractivity contribution in [2.75, 3.05) is 39.1 Å². The highest BCUT2D eigenvalue weighted by Gasteiger charge is 2.16. The number of rotatable bonds is 6. The number of thiazole rings is 1. The predicted molar refractivity (Wildman–Crippen MR) is 134 cm³/mol. The van der Waals surface area contributed by atoms with Crippen molar-refractivity contribution in [2.24, 2.45) is 7.05 Å². The zero-order chi connectivity index (χ0) is 21.8. The Bertz CT molecular complexity index is 1200. The van der Waals surface area contributed by atoms with Crippen molar-refractivity contribution >= 4 is 38.9 Å². The predicted octanol–water partition coefficient (Wildman–Crippen LogP) is 5.41. The Morgan fingerprint density at radius 3 is 2.65 bits per heavy atom. The van der Waals surface area contributed by atoms with Gasteiger partial charge < -0.3 is 9.38 Å². The molecule has 2 heterocycles. The second kappa shape index (κ2) is 9.07. The number of nitrogens with zero attached hydrogens (tertiary/aromatic N) is 3. The molecule has 0 saturated carbocycles. The van der Waals surface area contributed by atoms with E-state index in [1.807, 2.05) is 6.08 Å². The monoisotopic (exact) mass is 429 g/mol. The summed E-state index contributed by atoms with van der Waals surface area (Å²) in [5.74, 6) is 0. The molecular formula is C27H31N3S+2. The standard InChI is InChI=1S/C27H31N3S/c1-28-25-15-8-9-16-26(25)31-27(28)17-10-5-12-22-18-20-29(19-11-21-30(2,3)4)24-14-7-6-13-23(22)24/h5-9,12-18,20H,11,19,21H2,1-4H3/q+2/b22-12+. The first-order chi connectivity index (χ1) is 14.9. The van der Waals surface area contributed by atoms with Crippen LogP contribution >= 0.6 is 11.3 Å². The van der Waals surface area contributed by atoms with Crippen molar-refractivity contribution in [2.45, 2.75) is 6.42 Å². The lowest BCUT2D eigenvalue weighted by molar-refractivity contribution is -0.870. The first-order valence-electron chi connectivity index (χ1n) is 10.8. The lowest BCUT2D eigenvalue weighted by Crippen LogP contribution is -2.37. The Hall–Kier alpha value is -2.91. The number of hydrogen-bond acceptors (Lipinski definition) is 2. The van der Waals surface area contributed by atoms with Gasteiger partial charge in [0.15, 0.2) is 0 Å². The molecule has 3 aromatic rings. The number of para-hydroxylation sites is 2. The Morgan fingerprint density at radius 2 is 1.84 bits per heavy atom. The first-order valence-corrected chi connectivity index (χ1v) is 11.6. The van der Waals surface area contributed by atoms with Crippen LogP contribution in [0.1, 0.15) is 17.0 Å². The Morgan fingerprint density at radius 1 is 1.06 bits per heavy atom. The van der Waals surface area contributed by atoms with E-state index >= 15 is 0 Å². The maximum Gasteiger partial charge on any atom is 0.270 e. The summed E-state index contributed by atoms with van der Waals surface area (Å²) in [6.07, 6.45) is 11.8. The van der Waals surface area contributed by atoms with Gasteiger partial charge in [-0.2, -0.15) is 4.57 Å². The Labute approximate surface area is 189 Å². The fourth-order valence-corrected chi connectivity index (χ4v) is 4.91. The molecule has 1 aliphatic rings. The van der Waals surface area contributed by atoms with Gasteiger partial charge in [0.1, 0.15) is 11.7 Å². The van der Waals surface area contributed by atoms with Crippen LogP contribution in [-0.2, 0) is 7.05 Å². The van der Waals surface area contributed by atoms with Crippen LogP contribution in [0.5, 0.6) is 0 Å². The van der Waals surface area contributed by atoms with E-state index < -0.39 is 0 Å². The molecule has 2 aromatic carbocycles. The van der Waals surface area contributed by atoms with Crippen molar-refractivity contribution in [3.05, 3.63) is 89.3 Å². The highest BCUT2D eigenvalue weighted by Crippen LogP contribution is 2.32. The van der Waals surface area contributed by atoms with Crippen LogP contribution in [0.4, 0.5) is 5.69 Å². The van der Waals surface area contributed by atoms with E-state index in [2.05, 4.69) is 116 Å². The molecule has 158 valence electrons. The topological polar surface area (TPSA) is 7.12 Å². The molecular weight excluding hydrogens is 398 g/mol. The molecule has 0 amide bonds. The number of allylic oxidation sites excluding steroid dienone is 4. The fraction of sp³-hybridized carbons (Fsp3) is 0.259. The zero-order valence-corrected chi connectivity index (χ0v) is 19.7. The first kappa shape index (κ1) is 21.3. The summed E-state index contributed by atoms with van der Waals surface area (Å²) >= 11 is 1.79. The normalized spacial score (nSPS) is 14.6. The summed E-state index contributed by atoms with van der Waals surface area (Å²) in [6.45, 7) is 2.20. The van der Waals surface area contributed by atoms with Gasteiger partial charge in [-0.3, -0.25) is 0 Å². The molecule has 4 rings (SSSR count). The third-order valence-electron chi connectivity index (χ3n) is 5.52. The van der Waals surface area contributed by atoms with Gasteiger partial charge in [0, 0.05) is 36.5 Å². The lowest BCUT2D eigenvalue weighted by atomic mass is 9.99. The minimum absolute atomic E-state index is 0.999. The van der Waals surface area contributed by atoms with Crippen molar-refractivity contribution in [3.8, 4) is 0 Å². The van der Waals surface area contributed by atoms with E-state index in [0.717, 1.165) is 24.0 Å². The van der Waals surface area contributed by atoms with E-state index in [1.165, 1.54) is 32.0 Å². The van der Waals surface area contributed by atoms with E-state index in [1.54, 1.807) is 11.3 Å². The molecule has 0 atom stereocenters. The number of anilines is 1. The van der Waals surface area contributed by atoms with E-state index in [4.69, 9.17) is 0 Å². The highest BCUT2D eigenvalue weighted by atomic mass is 32.1. The van der Waals surface area contributed by atoms with Crippen LogP contribution in [-0.4, -0.2) is 38.7 Å². The average Bonchev–Trinajstić information content (AvgIpc) is 3.07. The quantitative estimate of drug-likeness (QED) is 0.289. The largest absolute Gasteiger partial charge is 0.347 e. The SMILES string of the molecule is C[n+]1c(C=C=C/C=C2\C=CN(CCC[N+](C)(C)C)c3ccccc32)sc2ccccc21. The molecule has 0 fully saturated rings. The van der Waals surface area contributed by atoms with E-state index in [9.17, 15) is 0 Å². The van der Waals surface area contributed by atoms with Gasteiger partial charge in [0.25, 0.3) is 5.01 Å². The second-order valence-corrected chi connectivity index (χ2v) is 10.0. The van der Waals surface area contributed by atoms with Crippen LogP contribution in [0.15, 0.2) is 78.7 Å². The molecule has 0 N–H and O–H groups in total. The molecule has 3 nitrogen and oxygen atoms in total. The number of aromatic nitrogens is 1. The van der Waals surface area contributed by atoms with Crippen LogP contribution in [0, 0.1) is 0 Å². The molecule has 1 aromatic heterocycles. The van der Waals surface area contributed by atoms with Crippen molar-refractivity contribution in [1.82, 2.24) is 0 Å². The summed E-state index contributed by atoms with van der Waals surface area (Å²) in [7, 11) is 8.86. The minimum atomic E-state index is 0.999. The summed E-state index contributed by atoms with van der Waals surface area (Å²) in [5, 5.41) is 1.19. The lowest BCUT2D eigenvalue weighted by Gasteiger charge is -2.29. The number of aryl methyl sites for hydroxylation is 1. The molecule has 0 saturated heterocycles. The Kier molecular flexibility index (Phi) is 6.24. The number of quaternary nitrogens is 1. The van der Waals surface area contributed by atoms with Gasteiger partial charge in [-0.05, 0) is 35.9 Å². The molecule has 0 bridgehead atoms. The Balaban J connectivity index is 1.53. The van der Waals surface area contributed by atoms with Gasteiger partial charge in [0.05, 0.1) is 33.8 Å². The third-order valence-corrected chi connectivity index (χ3v) is 6.69. The van der Waals surface area contributed by atoms with Gasteiger partial charge in [0.2, 0.25) is 5.52 Å². The number of benzene rings is 2. The van der Waals surface area contributed by atoms with Gasteiger partial charge in [-0.15, -0.1) is 5.73 Å². The summed E-state index contributed by atoms with van der Waals surface area (Å²) in [5.41, 5.74) is 8.40. The van der Waals surface area contributed by atoms with E-state index in [-0.39, 0.29) is 0 Å². The van der Waals surface area contributed by atoms with Crippen LogP contribution < -0.4 is 9.47 Å². The molecule has 0 spiro atoms. The van der Waals surface area contributed by atoms with Gasteiger partial charge in [-0.25, -0.2) is 0 Å². The summed E-state index contributed by atoms with van der Waals surface area (Å²) in [4.78, 5) is 2.37. The second-order valence-electron chi connectivity index (χ2n) is 8.96. The van der Waals surface area contributed by atoms with E-state index in [0.29, 0.717) is 0 Å². The third kappa shape index (κ3) is 5.05. The molecule has 1 aliphatic heterocycles. The van der Waals surface area contributed by atoms with Crippen LogP contribution in [0.2, 0.25) is 0 Å². The maximum absolute atomic E-state index is 3.36. The van der Waals surface area contributed by atoms with Gasteiger partial charge in [-0.1, -0.05) is 41.7 Å². The number of fused-ring (bicyclic) bond motifs is 2.